The van der Waals surface area contributed by atoms with Gasteiger partial charge in [0.2, 0.25) is 0 Å². The Bertz CT molecular complexity index is 1620. The van der Waals surface area contributed by atoms with Crippen LogP contribution in [0, 0.1) is 5.82 Å². The van der Waals surface area contributed by atoms with Gasteiger partial charge in [-0.2, -0.15) is 5.10 Å². The smallest absolute Gasteiger partial charge is 0.282 e. The number of aromatic nitrogens is 4. The van der Waals surface area contributed by atoms with Crippen molar-refractivity contribution in [2.45, 2.75) is 5.92 Å². The number of nitrogen functional groups attached to an aromatic ring is 1. The SMILES string of the molecule is Nc1c(-c2ccc(F)c3[nH]ncc23)c2cc(N3CC(F)(F)C3)c3ncccc3c2[nH]c1=O. The van der Waals surface area contributed by atoms with Crippen LogP contribution in [0.4, 0.5) is 24.5 Å². The largest absolute Gasteiger partial charge is 0.394 e. The van der Waals surface area contributed by atoms with Crippen LogP contribution >= 0.6 is 0 Å². The summed E-state index contributed by atoms with van der Waals surface area (Å²) in [5.74, 6) is -3.27. The highest BCUT2D eigenvalue weighted by Gasteiger charge is 2.44. The number of aromatic amines is 2. The first-order chi connectivity index (χ1) is 15.3. The molecular weight excluding hydrogens is 421 g/mol. The van der Waals surface area contributed by atoms with Gasteiger partial charge in [-0.1, -0.05) is 6.07 Å². The van der Waals surface area contributed by atoms with Gasteiger partial charge in [-0.05, 0) is 29.8 Å². The molecule has 32 heavy (non-hydrogen) atoms. The Morgan fingerprint density at radius 2 is 1.91 bits per heavy atom. The van der Waals surface area contributed by atoms with Crippen LogP contribution in [0.2, 0.25) is 0 Å². The molecule has 0 radical (unpaired) electrons. The molecule has 0 atom stereocenters. The maximum Gasteiger partial charge on any atom is 0.282 e. The number of nitrogens with zero attached hydrogens (tertiary/aromatic N) is 3. The molecule has 1 saturated heterocycles. The number of rotatable bonds is 2. The molecule has 4 heterocycles. The van der Waals surface area contributed by atoms with Gasteiger partial charge in [0.25, 0.3) is 11.5 Å². The van der Waals surface area contributed by atoms with Crippen LogP contribution in [0.1, 0.15) is 0 Å². The molecule has 160 valence electrons. The highest BCUT2D eigenvalue weighted by atomic mass is 19.3. The van der Waals surface area contributed by atoms with E-state index in [1.165, 1.54) is 23.2 Å². The van der Waals surface area contributed by atoms with Crippen LogP contribution in [-0.2, 0) is 0 Å². The van der Waals surface area contributed by atoms with Crippen LogP contribution < -0.4 is 16.2 Å². The molecule has 4 N–H and O–H groups in total. The van der Waals surface area contributed by atoms with Gasteiger partial charge in [0.05, 0.1) is 36.0 Å². The van der Waals surface area contributed by atoms with E-state index < -0.39 is 30.4 Å². The predicted molar refractivity (Wildman–Crippen MR) is 116 cm³/mol. The topological polar surface area (TPSA) is 104 Å². The summed E-state index contributed by atoms with van der Waals surface area (Å²) >= 11 is 0. The zero-order chi connectivity index (χ0) is 22.2. The molecule has 0 bridgehead atoms. The van der Waals surface area contributed by atoms with Gasteiger partial charge in [-0.3, -0.25) is 14.9 Å². The summed E-state index contributed by atoms with van der Waals surface area (Å²) in [5, 5.41) is 8.13. The zero-order valence-corrected chi connectivity index (χ0v) is 16.4. The molecule has 0 aliphatic carbocycles. The molecular formula is C22H15F3N6O. The fourth-order valence-electron chi connectivity index (χ4n) is 4.44. The van der Waals surface area contributed by atoms with E-state index in [-0.39, 0.29) is 11.2 Å². The summed E-state index contributed by atoms with van der Waals surface area (Å²) in [5.41, 5.74) is 8.20. The zero-order valence-electron chi connectivity index (χ0n) is 16.4. The number of H-pyrrole nitrogens is 2. The van der Waals surface area contributed by atoms with E-state index in [9.17, 15) is 18.0 Å². The molecule has 2 aromatic carbocycles. The van der Waals surface area contributed by atoms with E-state index in [1.807, 2.05) is 0 Å². The van der Waals surface area contributed by atoms with Gasteiger partial charge < -0.3 is 15.6 Å². The summed E-state index contributed by atoms with van der Waals surface area (Å²) < 4.78 is 41.6. The molecule has 7 nitrogen and oxygen atoms in total. The third-order valence-electron chi connectivity index (χ3n) is 5.91. The highest BCUT2D eigenvalue weighted by Crippen LogP contribution is 2.42. The number of nitrogens with one attached hydrogen (secondary N) is 2. The Balaban J connectivity index is 1.75. The van der Waals surface area contributed by atoms with E-state index >= 15 is 0 Å². The fraction of sp³-hybridized carbons (Fsp3) is 0.136. The van der Waals surface area contributed by atoms with E-state index in [2.05, 4.69) is 20.2 Å². The lowest BCUT2D eigenvalue weighted by molar-refractivity contribution is -0.0261. The Kier molecular flexibility index (Phi) is 3.63. The second-order valence-corrected chi connectivity index (χ2v) is 7.93. The lowest BCUT2D eigenvalue weighted by Crippen LogP contribution is -2.56. The number of nitrogens with two attached hydrogens (primary N) is 1. The van der Waals surface area contributed by atoms with Crippen LogP contribution in [0.25, 0.3) is 43.8 Å². The van der Waals surface area contributed by atoms with Crippen LogP contribution in [0.5, 0.6) is 0 Å². The number of pyridine rings is 2. The number of hydrogen-bond donors (Lipinski definition) is 3. The Morgan fingerprint density at radius 1 is 1.09 bits per heavy atom. The van der Waals surface area contributed by atoms with Gasteiger partial charge in [0, 0.05) is 27.9 Å². The number of fused-ring (bicyclic) bond motifs is 4. The van der Waals surface area contributed by atoms with Gasteiger partial charge >= 0.3 is 0 Å². The fourth-order valence-corrected chi connectivity index (χ4v) is 4.44. The highest BCUT2D eigenvalue weighted by molar-refractivity contribution is 6.17. The molecule has 6 rings (SSSR count). The lowest BCUT2D eigenvalue weighted by atomic mass is 9.94. The van der Waals surface area contributed by atoms with Crippen molar-refractivity contribution in [1.29, 1.82) is 0 Å². The van der Waals surface area contributed by atoms with Crippen molar-refractivity contribution in [3.63, 3.8) is 0 Å². The number of benzene rings is 2. The quantitative estimate of drug-likeness (QED) is 0.365. The van der Waals surface area contributed by atoms with Crippen LogP contribution in [0.3, 0.4) is 0 Å². The van der Waals surface area contributed by atoms with Gasteiger partial charge in [0.15, 0.2) is 0 Å². The first-order valence-electron chi connectivity index (χ1n) is 9.82. The molecule has 3 aromatic heterocycles. The van der Waals surface area contributed by atoms with E-state index in [1.54, 1.807) is 24.4 Å². The molecule has 0 unspecified atom stereocenters. The molecule has 1 aliphatic heterocycles. The van der Waals surface area contributed by atoms with Crippen molar-refractivity contribution in [2.24, 2.45) is 0 Å². The average molecular weight is 436 g/mol. The van der Waals surface area contributed by atoms with E-state index in [0.29, 0.717) is 44.0 Å². The second-order valence-electron chi connectivity index (χ2n) is 7.93. The number of halogens is 3. The maximum atomic E-state index is 14.3. The summed E-state index contributed by atoms with van der Waals surface area (Å²) in [6, 6.07) is 7.97. The number of anilines is 2. The van der Waals surface area contributed by atoms with Gasteiger partial charge in [0.1, 0.15) is 17.0 Å². The standard InChI is InChI=1S/C22H15F3N6O/c23-14-4-3-10(13-7-28-30-19(13)14)16-12-6-15(31-8-22(24,25)9-31)20-11(2-1-5-27-20)18(12)29-21(32)17(16)26/h1-7H,8-9,26H2,(H,28,30)(H,29,32). The predicted octanol–water partition coefficient (Wildman–Crippen LogP) is 3.80. The average Bonchev–Trinajstić information content (AvgIpc) is 3.25. The van der Waals surface area contributed by atoms with E-state index in [0.717, 1.165) is 0 Å². The summed E-state index contributed by atoms with van der Waals surface area (Å²) in [7, 11) is 0. The molecule has 10 heteroatoms. The van der Waals surface area contributed by atoms with Crippen molar-refractivity contribution in [3.8, 4) is 11.1 Å². The third kappa shape index (κ3) is 2.52. The van der Waals surface area contributed by atoms with Crippen molar-refractivity contribution in [1.82, 2.24) is 20.2 Å². The Labute approximate surface area is 177 Å². The van der Waals surface area contributed by atoms with Crippen LogP contribution in [0.15, 0.2) is 47.5 Å². The van der Waals surface area contributed by atoms with Gasteiger partial charge in [-0.15, -0.1) is 0 Å². The minimum absolute atomic E-state index is 0.0604. The molecule has 0 spiro atoms. The van der Waals surface area contributed by atoms with Crippen molar-refractivity contribution < 1.29 is 13.2 Å². The van der Waals surface area contributed by atoms with Crippen LogP contribution in [-0.4, -0.2) is 39.2 Å². The van der Waals surface area contributed by atoms with E-state index in [4.69, 9.17) is 5.73 Å². The Hall–Kier alpha value is -4.08. The second kappa shape index (κ2) is 6.22. The monoisotopic (exact) mass is 436 g/mol. The summed E-state index contributed by atoms with van der Waals surface area (Å²) in [6.07, 6.45) is 3.03. The summed E-state index contributed by atoms with van der Waals surface area (Å²) in [6.45, 7) is -0.859. The Morgan fingerprint density at radius 3 is 2.69 bits per heavy atom. The first-order valence-corrected chi connectivity index (χ1v) is 9.82. The minimum atomic E-state index is -2.77. The first kappa shape index (κ1) is 18.7. The molecule has 1 aliphatic rings. The minimum Gasteiger partial charge on any atom is -0.394 e. The molecule has 1 fully saturated rings. The molecule has 5 aromatic rings. The van der Waals surface area contributed by atoms with Crippen molar-refractivity contribution >= 4 is 44.1 Å². The third-order valence-corrected chi connectivity index (χ3v) is 5.91. The molecule has 0 saturated carbocycles. The van der Waals surface area contributed by atoms with Crippen molar-refractivity contribution in [2.75, 3.05) is 23.7 Å². The number of hydrogen-bond acceptors (Lipinski definition) is 5. The van der Waals surface area contributed by atoms with Crippen molar-refractivity contribution in [3.05, 3.63) is 58.9 Å². The maximum absolute atomic E-state index is 14.3. The lowest BCUT2D eigenvalue weighted by Gasteiger charge is -2.40. The molecule has 0 amide bonds. The normalized spacial score (nSPS) is 15.5. The van der Waals surface area contributed by atoms with Gasteiger partial charge in [-0.25, -0.2) is 13.2 Å². The number of alkyl halides is 2. The summed E-state index contributed by atoms with van der Waals surface area (Å²) in [4.78, 5) is 21.5.